The summed E-state index contributed by atoms with van der Waals surface area (Å²) in [6, 6.07) is 27.4. The van der Waals surface area contributed by atoms with Gasteiger partial charge in [0.15, 0.2) is 5.78 Å². The molecule has 4 aromatic carbocycles. The second-order valence-electron chi connectivity index (χ2n) is 20.2. The zero-order chi connectivity index (χ0) is 52.5. The van der Waals surface area contributed by atoms with Gasteiger partial charge in [0.25, 0.3) is 0 Å². The van der Waals surface area contributed by atoms with E-state index in [1.807, 2.05) is 54.6 Å². The molecule has 0 bridgehead atoms. The van der Waals surface area contributed by atoms with E-state index in [0.717, 1.165) is 11.1 Å². The Morgan fingerprint density at radius 3 is 1.07 bits per heavy atom. The Labute approximate surface area is 414 Å². The van der Waals surface area contributed by atoms with Crippen LogP contribution in [0.4, 0.5) is 0 Å². The minimum atomic E-state index is -1.74. The van der Waals surface area contributed by atoms with Crippen molar-refractivity contribution in [3.8, 4) is 0 Å². The first-order valence-electron chi connectivity index (χ1n) is 23.5. The maximum absolute atomic E-state index is 14.4. The van der Waals surface area contributed by atoms with Gasteiger partial charge in [-0.15, -0.1) is 0 Å². The Kier molecular flexibility index (Phi) is 17.1. The summed E-state index contributed by atoms with van der Waals surface area (Å²) in [5.41, 5.74) is -2.52. The highest BCUT2D eigenvalue weighted by Gasteiger charge is 2.41. The molecule has 8 N–H and O–H groups in total. The monoisotopic (exact) mass is 970 g/mol. The van der Waals surface area contributed by atoms with E-state index < -0.39 is 93.6 Å². The number of nitrogens with one attached hydrogen (secondary N) is 8. The number of benzene rings is 4. The molecule has 4 unspecified atom stereocenters. The number of rotatable bonds is 8. The van der Waals surface area contributed by atoms with E-state index in [-0.39, 0.29) is 18.6 Å². The lowest BCUT2D eigenvalue weighted by Crippen LogP contribution is -2.66. The van der Waals surface area contributed by atoms with E-state index in [1.54, 1.807) is 54.6 Å². The molecule has 17 nitrogen and oxygen atoms in total. The third-order valence-electron chi connectivity index (χ3n) is 12.1. The fourth-order valence-electron chi connectivity index (χ4n) is 7.48. The molecule has 4 atom stereocenters. The maximum Gasteiger partial charge on any atom is 0.245 e. The quantitative estimate of drug-likeness (QED) is 0.121. The Hall–Kier alpha value is -7.69. The van der Waals surface area contributed by atoms with Crippen molar-refractivity contribution in [1.82, 2.24) is 42.5 Å². The Balaban J connectivity index is 1.49. The minimum Gasteiger partial charge on any atom is -0.343 e. The fourth-order valence-corrected chi connectivity index (χ4v) is 7.48. The second kappa shape index (κ2) is 22.4. The molecule has 1 saturated heterocycles. The van der Waals surface area contributed by atoms with Gasteiger partial charge in [-0.25, -0.2) is 0 Å². The molecule has 17 heteroatoms. The zero-order valence-electron chi connectivity index (χ0n) is 42.0. The molecule has 0 spiro atoms. The third-order valence-corrected chi connectivity index (χ3v) is 12.1. The van der Waals surface area contributed by atoms with Crippen molar-refractivity contribution in [3.05, 3.63) is 143 Å². The SMILES string of the molecule is CC1NC(=O)C(C)(C)NC(=O)C(C)NC(=O)C(C)(C)NC(=O)C(Cc2ccc(Cc3ccccc3)cc2)NC(=O)C(C)(C)NC(=O)C(Cc2ccc(C(=O)c3ccccc3)cc2)NC(=O)C(C)(C)NC1=O. The predicted molar refractivity (Wildman–Crippen MR) is 267 cm³/mol. The molecule has 1 heterocycles. The molecular formula is C54H66N8O9. The lowest BCUT2D eigenvalue weighted by Gasteiger charge is -2.34. The molecule has 1 fully saturated rings. The lowest BCUT2D eigenvalue weighted by molar-refractivity contribution is -0.140. The van der Waals surface area contributed by atoms with E-state index in [1.165, 1.54) is 69.2 Å². The first kappa shape index (κ1) is 54.3. The van der Waals surface area contributed by atoms with Crippen LogP contribution in [0.1, 0.15) is 107 Å². The highest BCUT2D eigenvalue weighted by molar-refractivity contribution is 6.09. The largest absolute Gasteiger partial charge is 0.343 e. The predicted octanol–water partition coefficient (Wildman–Crippen LogP) is 2.87. The van der Waals surface area contributed by atoms with Crippen LogP contribution in [0.3, 0.4) is 0 Å². The number of hydrogen-bond acceptors (Lipinski definition) is 9. The van der Waals surface area contributed by atoms with Crippen molar-refractivity contribution in [2.24, 2.45) is 0 Å². The molecule has 1 aliphatic rings. The normalized spacial score (nSPS) is 22.3. The molecule has 0 saturated carbocycles. The van der Waals surface area contributed by atoms with Crippen LogP contribution in [0.15, 0.2) is 109 Å². The summed E-state index contributed by atoms with van der Waals surface area (Å²) in [4.78, 5) is 125. The van der Waals surface area contributed by atoms with Crippen LogP contribution in [0.25, 0.3) is 0 Å². The Morgan fingerprint density at radius 1 is 0.380 bits per heavy atom. The van der Waals surface area contributed by atoms with Crippen molar-refractivity contribution < 1.29 is 43.2 Å². The summed E-state index contributed by atoms with van der Waals surface area (Å²) in [6.45, 7) is 14.1. The lowest BCUT2D eigenvalue weighted by atomic mass is 9.96. The number of carbonyl (C=O) groups excluding carboxylic acids is 9. The maximum atomic E-state index is 14.4. The highest BCUT2D eigenvalue weighted by atomic mass is 16.2. The van der Waals surface area contributed by atoms with Gasteiger partial charge in [0.1, 0.15) is 46.3 Å². The van der Waals surface area contributed by atoms with Gasteiger partial charge in [0.05, 0.1) is 0 Å². The molecule has 71 heavy (non-hydrogen) atoms. The number of carbonyl (C=O) groups is 9. The van der Waals surface area contributed by atoms with E-state index in [0.29, 0.717) is 28.7 Å². The highest BCUT2D eigenvalue weighted by Crippen LogP contribution is 2.17. The minimum absolute atomic E-state index is 0.0399. The van der Waals surface area contributed by atoms with Crippen molar-refractivity contribution in [2.75, 3.05) is 0 Å². The van der Waals surface area contributed by atoms with Crippen LogP contribution in [0.5, 0.6) is 0 Å². The molecule has 376 valence electrons. The van der Waals surface area contributed by atoms with E-state index in [9.17, 15) is 43.2 Å². The van der Waals surface area contributed by atoms with E-state index >= 15 is 0 Å². The smallest absolute Gasteiger partial charge is 0.245 e. The average Bonchev–Trinajstić information content (AvgIpc) is 3.31. The van der Waals surface area contributed by atoms with Gasteiger partial charge in [-0.05, 0) is 97.9 Å². The van der Waals surface area contributed by atoms with Gasteiger partial charge in [-0.1, -0.05) is 109 Å². The molecule has 1 aliphatic heterocycles. The molecule has 0 aliphatic carbocycles. The molecule has 4 aromatic rings. The third kappa shape index (κ3) is 14.7. The summed E-state index contributed by atoms with van der Waals surface area (Å²) in [6.07, 6.45) is 0.487. The standard InChI is InChI=1S/C54H66N8O9/c1-32-43(64)59-51(3,4)47(68)55-33(2)44(65)60-53(7,8)49(70)57-41(31-37-25-27-39(28-26-37)42(63)38-19-15-12-16-20-38)46(67)62-54(9,10)50(71)58-40(45(66)61-52(5,6)48(69)56-32)30-36-23-21-35(22-24-36)29-34-17-13-11-14-18-34/h11-28,32-33,40-41H,29-31H2,1-10H3,(H,55,68)(H,56,69)(H,57,70)(H,58,71)(H,59,64)(H,60,65)(H,61,66)(H,62,67). The van der Waals surface area contributed by atoms with E-state index in [4.69, 9.17) is 0 Å². The summed E-state index contributed by atoms with van der Waals surface area (Å²) < 4.78 is 0. The Bertz CT molecular complexity index is 2630. The number of ketones is 1. The summed E-state index contributed by atoms with van der Waals surface area (Å²) in [5.74, 6) is -6.39. The molecular weight excluding hydrogens is 905 g/mol. The van der Waals surface area contributed by atoms with Gasteiger partial charge < -0.3 is 42.5 Å². The van der Waals surface area contributed by atoms with Gasteiger partial charge >= 0.3 is 0 Å². The van der Waals surface area contributed by atoms with Crippen molar-refractivity contribution in [2.45, 2.75) is 135 Å². The Morgan fingerprint density at radius 2 is 0.676 bits per heavy atom. The van der Waals surface area contributed by atoms with Crippen LogP contribution in [0.2, 0.25) is 0 Å². The van der Waals surface area contributed by atoms with Crippen molar-refractivity contribution in [1.29, 1.82) is 0 Å². The summed E-state index contributed by atoms with van der Waals surface area (Å²) >= 11 is 0. The number of amides is 8. The zero-order valence-corrected chi connectivity index (χ0v) is 42.0. The average molecular weight is 971 g/mol. The molecule has 0 aromatic heterocycles. The van der Waals surface area contributed by atoms with Crippen LogP contribution in [-0.4, -0.2) is 99.4 Å². The van der Waals surface area contributed by atoms with Crippen LogP contribution in [-0.2, 0) is 57.6 Å². The fraction of sp³-hybridized carbons (Fsp3) is 0.389. The van der Waals surface area contributed by atoms with Crippen LogP contribution >= 0.6 is 0 Å². The first-order valence-corrected chi connectivity index (χ1v) is 23.5. The van der Waals surface area contributed by atoms with Crippen molar-refractivity contribution in [3.63, 3.8) is 0 Å². The van der Waals surface area contributed by atoms with E-state index in [2.05, 4.69) is 42.5 Å². The molecule has 8 amide bonds. The molecule has 0 radical (unpaired) electrons. The van der Waals surface area contributed by atoms with Crippen LogP contribution < -0.4 is 42.5 Å². The van der Waals surface area contributed by atoms with Gasteiger partial charge in [0, 0.05) is 24.0 Å². The second-order valence-corrected chi connectivity index (χ2v) is 20.2. The first-order chi connectivity index (χ1) is 33.2. The summed E-state index contributed by atoms with van der Waals surface area (Å²) in [7, 11) is 0. The van der Waals surface area contributed by atoms with Gasteiger partial charge in [-0.3, -0.25) is 43.2 Å². The number of hydrogen-bond donors (Lipinski definition) is 8. The summed E-state index contributed by atoms with van der Waals surface area (Å²) in [5, 5.41) is 21.2. The van der Waals surface area contributed by atoms with Crippen molar-refractivity contribution >= 4 is 53.0 Å². The van der Waals surface area contributed by atoms with Gasteiger partial charge in [-0.2, -0.15) is 0 Å². The van der Waals surface area contributed by atoms with Crippen LogP contribution in [0, 0.1) is 0 Å². The molecule has 5 rings (SSSR count). The van der Waals surface area contributed by atoms with Gasteiger partial charge in [0.2, 0.25) is 47.3 Å². The topological polar surface area (TPSA) is 250 Å².